The Labute approximate surface area is 82.5 Å². The zero-order chi connectivity index (χ0) is 9.97. The third-order valence-electron chi connectivity index (χ3n) is 2.30. The molecule has 1 aromatic heterocycles. The molecule has 4 heteroatoms. The van der Waals surface area contributed by atoms with E-state index in [1.54, 1.807) is 18.3 Å². The molecule has 1 amide bonds. The van der Waals surface area contributed by atoms with Crippen LogP contribution in [0.1, 0.15) is 23.3 Å². The highest BCUT2D eigenvalue weighted by Crippen LogP contribution is 2.27. The second kappa shape index (κ2) is 3.65. The highest BCUT2D eigenvalue weighted by atomic mass is 16.1. The zero-order valence-corrected chi connectivity index (χ0v) is 7.86. The Hall–Kier alpha value is -1.58. The maximum atomic E-state index is 11.5. The number of rotatable bonds is 3. The van der Waals surface area contributed by atoms with Gasteiger partial charge >= 0.3 is 0 Å². The third kappa shape index (κ3) is 2.02. The third-order valence-corrected chi connectivity index (χ3v) is 2.30. The molecule has 0 bridgehead atoms. The first-order chi connectivity index (χ1) is 6.77. The van der Waals surface area contributed by atoms with Gasteiger partial charge in [0.05, 0.1) is 5.69 Å². The average Bonchev–Trinajstić information content (AvgIpc) is 2.98. The number of nitrogens with one attached hydrogen (secondary N) is 1. The summed E-state index contributed by atoms with van der Waals surface area (Å²) in [5.41, 5.74) is 6.38. The molecule has 1 aromatic rings. The Kier molecular flexibility index (Phi) is 2.35. The van der Waals surface area contributed by atoms with E-state index >= 15 is 0 Å². The fourth-order valence-corrected chi connectivity index (χ4v) is 1.25. The lowest BCUT2D eigenvalue weighted by Gasteiger charge is -2.04. The van der Waals surface area contributed by atoms with Crippen molar-refractivity contribution < 1.29 is 4.79 Å². The fourth-order valence-electron chi connectivity index (χ4n) is 1.25. The van der Waals surface area contributed by atoms with Crippen LogP contribution in [0.2, 0.25) is 0 Å². The van der Waals surface area contributed by atoms with Crippen LogP contribution in [0.4, 0.5) is 5.69 Å². The second-order valence-corrected chi connectivity index (χ2v) is 3.59. The molecule has 14 heavy (non-hydrogen) atoms. The van der Waals surface area contributed by atoms with E-state index in [1.165, 1.54) is 12.8 Å². The molecule has 1 saturated carbocycles. The van der Waals surface area contributed by atoms with Crippen LogP contribution in [-0.4, -0.2) is 17.4 Å². The van der Waals surface area contributed by atoms with Crippen LogP contribution in [0, 0.1) is 5.92 Å². The SMILES string of the molecule is Nc1cccnc1C(=O)NCC1CC1. The number of nitrogens with zero attached hydrogens (tertiary/aromatic N) is 1. The minimum Gasteiger partial charge on any atom is -0.397 e. The minimum atomic E-state index is -0.171. The van der Waals surface area contributed by atoms with Crippen molar-refractivity contribution in [2.45, 2.75) is 12.8 Å². The van der Waals surface area contributed by atoms with Crippen molar-refractivity contribution in [1.29, 1.82) is 0 Å². The lowest BCUT2D eigenvalue weighted by atomic mass is 10.3. The van der Waals surface area contributed by atoms with E-state index in [2.05, 4.69) is 10.3 Å². The molecule has 0 saturated heterocycles. The number of amides is 1. The normalized spacial score (nSPS) is 15.1. The van der Waals surface area contributed by atoms with E-state index < -0.39 is 0 Å². The van der Waals surface area contributed by atoms with Gasteiger partial charge in [-0.3, -0.25) is 4.79 Å². The molecule has 1 aliphatic rings. The predicted molar refractivity (Wildman–Crippen MR) is 53.7 cm³/mol. The van der Waals surface area contributed by atoms with Gasteiger partial charge in [0.25, 0.3) is 5.91 Å². The molecule has 1 fully saturated rings. The predicted octanol–water partition coefficient (Wildman–Crippen LogP) is 0.804. The van der Waals surface area contributed by atoms with E-state index in [9.17, 15) is 4.79 Å². The second-order valence-electron chi connectivity index (χ2n) is 3.59. The lowest BCUT2D eigenvalue weighted by Crippen LogP contribution is -2.27. The molecule has 0 unspecified atom stereocenters. The molecule has 1 heterocycles. The summed E-state index contributed by atoms with van der Waals surface area (Å²) in [6.45, 7) is 0.745. The first-order valence-electron chi connectivity index (χ1n) is 4.76. The van der Waals surface area contributed by atoms with E-state index in [-0.39, 0.29) is 5.91 Å². The van der Waals surface area contributed by atoms with Crippen molar-refractivity contribution in [2.24, 2.45) is 5.92 Å². The van der Waals surface area contributed by atoms with Gasteiger partial charge in [0.2, 0.25) is 0 Å². The number of nitrogen functional groups attached to an aromatic ring is 1. The van der Waals surface area contributed by atoms with Gasteiger partial charge in [-0.1, -0.05) is 0 Å². The summed E-state index contributed by atoms with van der Waals surface area (Å²) in [5.74, 6) is 0.499. The molecule has 0 aliphatic heterocycles. The van der Waals surface area contributed by atoms with Crippen LogP contribution in [-0.2, 0) is 0 Å². The number of aromatic nitrogens is 1. The monoisotopic (exact) mass is 191 g/mol. The summed E-state index contributed by atoms with van der Waals surface area (Å²) in [4.78, 5) is 15.5. The Morgan fingerprint density at radius 1 is 1.64 bits per heavy atom. The van der Waals surface area contributed by atoms with Gasteiger partial charge in [-0.25, -0.2) is 4.98 Å². The molecule has 2 rings (SSSR count). The Morgan fingerprint density at radius 3 is 3.07 bits per heavy atom. The Balaban J connectivity index is 1.98. The van der Waals surface area contributed by atoms with Crippen LogP contribution in [0.25, 0.3) is 0 Å². The Bertz CT molecular complexity index is 347. The van der Waals surface area contributed by atoms with Crippen molar-refractivity contribution in [3.05, 3.63) is 24.0 Å². The molecule has 1 aliphatic carbocycles. The van der Waals surface area contributed by atoms with Crippen LogP contribution in [0.15, 0.2) is 18.3 Å². The molecule has 0 radical (unpaired) electrons. The van der Waals surface area contributed by atoms with E-state index in [4.69, 9.17) is 5.73 Å². The number of hydrogen-bond acceptors (Lipinski definition) is 3. The molecule has 0 spiro atoms. The molecule has 0 atom stereocenters. The fraction of sp³-hybridized carbons (Fsp3) is 0.400. The maximum Gasteiger partial charge on any atom is 0.272 e. The first-order valence-corrected chi connectivity index (χ1v) is 4.76. The zero-order valence-electron chi connectivity index (χ0n) is 7.86. The Morgan fingerprint density at radius 2 is 2.43 bits per heavy atom. The van der Waals surface area contributed by atoms with E-state index in [0.717, 1.165) is 6.54 Å². The highest BCUT2D eigenvalue weighted by Gasteiger charge is 2.22. The molecular formula is C10H13N3O. The van der Waals surface area contributed by atoms with E-state index in [0.29, 0.717) is 17.3 Å². The van der Waals surface area contributed by atoms with E-state index in [1.807, 2.05) is 0 Å². The summed E-state index contributed by atoms with van der Waals surface area (Å²) >= 11 is 0. The van der Waals surface area contributed by atoms with Crippen molar-refractivity contribution in [3.8, 4) is 0 Å². The van der Waals surface area contributed by atoms with Gasteiger partial charge in [-0.2, -0.15) is 0 Å². The summed E-state index contributed by atoms with van der Waals surface area (Å²) in [7, 11) is 0. The van der Waals surface area contributed by atoms with Gasteiger partial charge in [-0.15, -0.1) is 0 Å². The molecule has 74 valence electrons. The summed E-state index contributed by atoms with van der Waals surface area (Å²) < 4.78 is 0. The van der Waals surface area contributed by atoms with Crippen LogP contribution in [0.5, 0.6) is 0 Å². The largest absolute Gasteiger partial charge is 0.397 e. The van der Waals surface area contributed by atoms with Gasteiger partial charge in [0.15, 0.2) is 5.69 Å². The van der Waals surface area contributed by atoms with Crippen LogP contribution >= 0.6 is 0 Å². The van der Waals surface area contributed by atoms with Crippen LogP contribution in [0.3, 0.4) is 0 Å². The standard InChI is InChI=1S/C10H13N3O/c11-8-2-1-5-12-9(8)10(14)13-6-7-3-4-7/h1-2,5,7H,3-4,6,11H2,(H,13,14). The number of anilines is 1. The van der Waals surface area contributed by atoms with Crippen molar-refractivity contribution in [2.75, 3.05) is 12.3 Å². The number of hydrogen-bond donors (Lipinski definition) is 2. The van der Waals surface area contributed by atoms with Crippen molar-refractivity contribution in [1.82, 2.24) is 10.3 Å². The number of nitrogens with two attached hydrogens (primary N) is 1. The maximum absolute atomic E-state index is 11.5. The van der Waals surface area contributed by atoms with Gasteiger partial charge < -0.3 is 11.1 Å². The summed E-state index contributed by atoms with van der Waals surface area (Å²) in [6, 6.07) is 3.39. The molecular weight excluding hydrogens is 178 g/mol. The number of carbonyl (C=O) groups excluding carboxylic acids is 1. The average molecular weight is 191 g/mol. The lowest BCUT2D eigenvalue weighted by molar-refractivity contribution is 0.0948. The topological polar surface area (TPSA) is 68.0 Å². The summed E-state index contributed by atoms with van der Waals surface area (Å²) in [6.07, 6.45) is 4.01. The van der Waals surface area contributed by atoms with Gasteiger partial charge in [0.1, 0.15) is 0 Å². The molecule has 3 N–H and O–H groups in total. The highest BCUT2D eigenvalue weighted by molar-refractivity contribution is 5.96. The van der Waals surface area contributed by atoms with Crippen molar-refractivity contribution in [3.63, 3.8) is 0 Å². The molecule has 4 nitrogen and oxygen atoms in total. The first kappa shape index (κ1) is 8.99. The van der Waals surface area contributed by atoms with Gasteiger partial charge in [0, 0.05) is 12.7 Å². The minimum absolute atomic E-state index is 0.171. The van der Waals surface area contributed by atoms with Crippen LogP contribution < -0.4 is 11.1 Å². The number of pyridine rings is 1. The summed E-state index contributed by atoms with van der Waals surface area (Å²) in [5, 5.41) is 2.82. The molecule has 0 aromatic carbocycles. The quantitative estimate of drug-likeness (QED) is 0.742. The van der Waals surface area contributed by atoms with Gasteiger partial charge in [-0.05, 0) is 30.9 Å². The smallest absolute Gasteiger partial charge is 0.272 e. The van der Waals surface area contributed by atoms with Crippen molar-refractivity contribution >= 4 is 11.6 Å². The number of carbonyl (C=O) groups is 1.